The monoisotopic (exact) mass is 282 g/mol. The molecule has 0 aromatic heterocycles. The molecule has 0 radical (unpaired) electrons. The van der Waals surface area contributed by atoms with Gasteiger partial charge >= 0.3 is 0 Å². The van der Waals surface area contributed by atoms with Crippen LogP contribution < -0.4 is 0 Å². The van der Waals surface area contributed by atoms with Crippen LogP contribution in [0.15, 0.2) is 23.3 Å². The van der Waals surface area contributed by atoms with Crippen molar-refractivity contribution in [2.24, 2.45) is 5.92 Å². The second-order valence-corrected chi connectivity index (χ2v) is 9.62. The first kappa shape index (κ1) is 11.4. The van der Waals surface area contributed by atoms with Crippen molar-refractivity contribution in [3.05, 3.63) is 23.3 Å². The van der Waals surface area contributed by atoms with E-state index in [0.29, 0.717) is 4.08 Å². The Labute approximate surface area is 116 Å². The third kappa shape index (κ3) is 1.68. The fourth-order valence-corrected chi connectivity index (χ4v) is 8.72. The van der Waals surface area contributed by atoms with Crippen LogP contribution in [-0.4, -0.2) is 26.6 Å². The Kier molecular flexibility index (Phi) is 2.86. The van der Waals surface area contributed by atoms with Crippen LogP contribution in [0.1, 0.15) is 25.7 Å². The highest BCUT2D eigenvalue weighted by molar-refractivity contribution is 8.19. The van der Waals surface area contributed by atoms with Crippen molar-refractivity contribution < 1.29 is 0 Å². The van der Waals surface area contributed by atoms with Gasteiger partial charge in [0.2, 0.25) is 0 Å². The van der Waals surface area contributed by atoms with Crippen LogP contribution in [0.25, 0.3) is 0 Å². The smallest absolute Gasteiger partial charge is 0.0827 e. The van der Waals surface area contributed by atoms with Gasteiger partial charge in [-0.05, 0) is 42.8 Å². The summed E-state index contributed by atoms with van der Waals surface area (Å²) in [6, 6.07) is 0. The van der Waals surface area contributed by atoms with E-state index >= 15 is 0 Å². The largest absolute Gasteiger partial charge is 0.153 e. The molecule has 1 saturated carbocycles. The first-order valence-electron chi connectivity index (χ1n) is 6.68. The number of rotatable bonds is 0. The average Bonchev–Trinajstić information content (AvgIpc) is 2.80. The van der Waals surface area contributed by atoms with Gasteiger partial charge < -0.3 is 0 Å². The average molecular weight is 282 g/mol. The highest BCUT2D eigenvalue weighted by Gasteiger charge is 2.50. The maximum absolute atomic E-state index is 2.58. The summed E-state index contributed by atoms with van der Waals surface area (Å²) in [6.07, 6.45) is 10.6. The molecule has 2 heterocycles. The number of thioether (sulfide) groups is 3. The predicted molar refractivity (Wildman–Crippen MR) is 82.0 cm³/mol. The van der Waals surface area contributed by atoms with Crippen LogP contribution in [-0.2, 0) is 0 Å². The van der Waals surface area contributed by atoms with Crippen molar-refractivity contribution in [3.8, 4) is 0 Å². The molecule has 2 saturated heterocycles. The Balaban J connectivity index is 1.73. The molecule has 0 amide bonds. The normalized spacial score (nSPS) is 38.6. The molecule has 4 aliphatic rings. The molecular weight excluding hydrogens is 264 g/mol. The second kappa shape index (κ2) is 4.28. The third-order valence-electron chi connectivity index (χ3n) is 4.45. The van der Waals surface area contributed by atoms with Crippen molar-refractivity contribution in [2.75, 3.05) is 17.3 Å². The van der Waals surface area contributed by atoms with Crippen LogP contribution >= 0.6 is 35.3 Å². The number of fused-ring (bicyclic) bond motifs is 1. The highest BCUT2D eigenvalue weighted by atomic mass is 32.2. The number of hydrogen-bond donors (Lipinski definition) is 0. The van der Waals surface area contributed by atoms with E-state index in [1.165, 1.54) is 42.9 Å². The Morgan fingerprint density at radius 2 is 2.06 bits per heavy atom. The van der Waals surface area contributed by atoms with Gasteiger partial charge in [0.25, 0.3) is 0 Å². The van der Waals surface area contributed by atoms with Gasteiger partial charge in [-0.3, -0.25) is 0 Å². The molecule has 2 atom stereocenters. The molecule has 3 heteroatoms. The van der Waals surface area contributed by atoms with Crippen molar-refractivity contribution >= 4 is 35.3 Å². The Bertz CT molecular complexity index is 390. The van der Waals surface area contributed by atoms with Crippen molar-refractivity contribution in [2.45, 2.75) is 35.0 Å². The van der Waals surface area contributed by atoms with Crippen molar-refractivity contribution in [1.29, 1.82) is 0 Å². The molecular formula is C14H18S3. The van der Waals surface area contributed by atoms with Gasteiger partial charge in [-0.2, -0.15) is 11.8 Å². The topological polar surface area (TPSA) is 0 Å². The summed E-state index contributed by atoms with van der Waals surface area (Å²) in [6.45, 7) is 0. The van der Waals surface area contributed by atoms with Crippen molar-refractivity contribution in [3.63, 3.8) is 0 Å². The molecule has 1 spiro atoms. The molecule has 17 heavy (non-hydrogen) atoms. The van der Waals surface area contributed by atoms with Crippen molar-refractivity contribution in [1.82, 2.24) is 0 Å². The minimum atomic E-state index is 0.490. The van der Waals surface area contributed by atoms with Gasteiger partial charge in [-0.1, -0.05) is 17.7 Å². The number of allylic oxidation sites excluding steroid dienone is 2. The summed E-state index contributed by atoms with van der Waals surface area (Å²) < 4.78 is 0.490. The summed E-state index contributed by atoms with van der Waals surface area (Å²) in [5.74, 6) is 4.92. The quantitative estimate of drug-likeness (QED) is 0.607. The van der Waals surface area contributed by atoms with E-state index in [9.17, 15) is 0 Å². The SMILES string of the molecule is C1=C2CSC3CCC4(SCCCS4)C(=CC1)C23. The highest BCUT2D eigenvalue weighted by Crippen LogP contribution is 2.61. The van der Waals surface area contributed by atoms with Crippen LogP contribution in [0.4, 0.5) is 0 Å². The summed E-state index contributed by atoms with van der Waals surface area (Å²) >= 11 is 6.75. The summed E-state index contributed by atoms with van der Waals surface area (Å²) in [4.78, 5) is 0. The lowest BCUT2D eigenvalue weighted by Gasteiger charge is -2.47. The zero-order valence-electron chi connectivity index (χ0n) is 9.98. The van der Waals surface area contributed by atoms with Gasteiger partial charge in [-0.25, -0.2) is 0 Å². The lowest BCUT2D eigenvalue weighted by Crippen LogP contribution is -2.40. The Morgan fingerprint density at radius 1 is 1.18 bits per heavy atom. The third-order valence-corrected chi connectivity index (χ3v) is 9.39. The molecule has 0 aromatic carbocycles. The lowest BCUT2D eigenvalue weighted by atomic mass is 9.76. The number of hydrogen-bond acceptors (Lipinski definition) is 3. The fraction of sp³-hybridized carbons (Fsp3) is 0.714. The van der Waals surface area contributed by atoms with Gasteiger partial charge in [0, 0.05) is 16.9 Å². The van der Waals surface area contributed by atoms with E-state index in [1.807, 2.05) is 5.57 Å². The van der Waals surface area contributed by atoms with Gasteiger partial charge in [0.05, 0.1) is 4.08 Å². The maximum atomic E-state index is 2.58. The maximum Gasteiger partial charge on any atom is 0.0827 e. The van der Waals surface area contributed by atoms with Gasteiger partial charge in [-0.15, -0.1) is 23.5 Å². The Morgan fingerprint density at radius 3 is 2.94 bits per heavy atom. The molecule has 92 valence electrons. The van der Waals surface area contributed by atoms with Crippen LogP contribution in [0.3, 0.4) is 0 Å². The minimum Gasteiger partial charge on any atom is -0.153 e. The van der Waals surface area contributed by atoms with E-state index in [-0.39, 0.29) is 0 Å². The molecule has 0 N–H and O–H groups in total. The van der Waals surface area contributed by atoms with Crippen LogP contribution in [0, 0.1) is 5.92 Å². The van der Waals surface area contributed by atoms with E-state index in [0.717, 1.165) is 11.2 Å². The predicted octanol–water partition coefficient (Wildman–Crippen LogP) is 4.33. The Hall–Kier alpha value is 0.530. The lowest BCUT2D eigenvalue weighted by molar-refractivity contribution is 0.510. The molecule has 0 aromatic rings. The molecule has 0 nitrogen and oxygen atoms in total. The molecule has 3 fully saturated rings. The van der Waals surface area contributed by atoms with E-state index < -0.39 is 0 Å². The van der Waals surface area contributed by atoms with Gasteiger partial charge in [0.1, 0.15) is 0 Å². The summed E-state index contributed by atoms with van der Waals surface area (Å²) in [5.41, 5.74) is 3.59. The van der Waals surface area contributed by atoms with E-state index in [1.54, 1.807) is 5.57 Å². The van der Waals surface area contributed by atoms with Crippen LogP contribution in [0.2, 0.25) is 0 Å². The zero-order valence-corrected chi connectivity index (χ0v) is 12.4. The molecule has 2 aliphatic carbocycles. The van der Waals surface area contributed by atoms with Gasteiger partial charge in [0.15, 0.2) is 0 Å². The zero-order chi connectivity index (χ0) is 11.3. The first-order chi connectivity index (χ1) is 8.39. The first-order valence-corrected chi connectivity index (χ1v) is 9.70. The summed E-state index contributed by atoms with van der Waals surface area (Å²) in [7, 11) is 0. The van der Waals surface area contributed by atoms with E-state index in [4.69, 9.17) is 0 Å². The standard InChI is InChI=1S/C14H18S3/c1-3-10-9-15-12-5-6-14(11(4-1)13(10)12)16-7-2-8-17-14/h3-4,12-13H,1-2,5-9H2. The minimum absolute atomic E-state index is 0.490. The molecule has 2 unspecified atom stereocenters. The second-order valence-electron chi connectivity index (χ2n) is 5.34. The summed E-state index contributed by atoms with van der Waals surface area (Å²) in [5, 5.41) is 0.918. The van der Waals surface area contributed by atoms with Crippen LogP contribution in [0.5, 0.6) is 0 Å². The molecule has 0 bridgehead atoms. The van der Waals surface area contributed by atoms with E-state index in [2.05, 4.69) is 47.4 Å². The fourth-order valence-electron chi connectivity index (χ4n) is 3.68. The molecule has 4 rings (SSSR count). The molecule has 2 aliphatic heterocycles.